The first-order chi connectivity index (χ1) is 10.1. The largest absolute Gasteiger partial charge is 0.394 e. The van der Waals surface area contributed by atoms with Gasteiger partial charge in [0.1, 0.15) is 5.82 Å². The fourth-order valence-corrected chi connectivity index (χ4v) is 1.97. The van der Waals surface area contributed by atoms with E-state index in [-0.39, 0.29) is 12.4 Å². The van der Waals surface area contributed by atoms with Gasteiger partial charge in [-0.05, 0) is 36.2 Å². The Balaban J connectivity index is 2.01. The number of halogens is 1. The van der Waals surface area contributed by atoms with Crippen LogP contribution in [0.25, 0.3) is 0 Å². The van der Waals surface area contributed by atoms with E-state index >= 15 is 0 Å². The first-order valence-corrected chi connectivity index (χ1v) is 6.59. The molecule has 2 rings (SSSR count). The van der Waals surface area contributed by atoms with Crippen molar-refractivity contribution < 1.29 is 14.3 Å². The van der Waals surface area contributed by atoms with Crippen LogP contribution in [0, 0.1) is 12.7 Å². The number of carbonyl (C=O) groups is 1. The molecule has 3 N–H and O–H groups in total. The van der Waals surface area contributed by atoms with E-state index in [9.17, 15) is 14.3 Å². The zero-order valence-corrected chi connectivity index (χ0v) is 11.6. The number of benzene rings is 2. The molecule has 2 aromatic carbocycles. The van der Waals surface area contributed by atoms with Crippen LogP contribution in [0.15, 0.2) is 48.5 Å². The zero-order valence-electron chi connectivity index (χ0n) is 11.6. The lowest BCUT2D eigenvalue weighted by molar-refractivity contribution is 0.225. The molecule has 0 unspecified atom stereocenters. The number of hydrogen-bond acceptors (Lipinski definition) is 2. The van der Waals surface area contributed by atoms with Crippen LogP contribution in [0.5, 0.6) is 0 Å². The van der Waals surface area contributed by atoms with Gasteiger partial charge in [0.25, 0.3) is 0 Å². The van der Waals surface area contributed by atoms with Crippen molar-refractivity contribution in [1.82, 2.24) is 5.32 Å². The molecule has 0 aliphatic carbocycles. The number of hydrogen-bond donors (Lipinski definition) is 3. The Morgan fingerprint density at radius 1 is 1.24 bits per heavy atom. The molecular formula is C16H17FN2O2. The topological polar surface area (TPSA) is 61.4 Å². The predicted octanol–water partition coefficient (Wildman–Crippen LogP) is 2.99. The molecule has 0 spiro atoms. The van der Waals surface area contributed by atoms with Crippen LogP contribution in [0.4, 0.5) is 14.9 Å². The lowest BCUT2D eigenvalue weighted by Crippen LogP contribution is -2.34. The summed E-state index contributed by atoms with van der Waals surface area (Å²) in [6.07, 6.45) is 0. The highest BCUT2D eigenvalue weighted by Crippen LogP contribution is 2.15. The number of rotatable bonds is 4. The van der Waals surface area contributed by atoms with E-state index in [2.05, 4.69) is 10.6 Å². The van der Waals surface area contributed by atoms with Crippen LogP contribution < -0.4 is 10.6 Å². The summed E-state index contributed by atoms with van der Waals surface area (Å²) in [7, 11) is 0. The lowest BCUT2D eigenvalue weighted by atomic mass is 10.1. The first-order valence-electron chi connectivity index (χ1n) is 6.59. The molecule has 0 fully saturated rings. The predicted molar refractivity (Wildman–Crippen MR) is 79.6 cm³/mol. The minimum Gasteiger partial charge on any atom is -0.394 e. The summed E-state index contributed by atoms with van der Waals surface area (Å²) in [6.45, 7) is 1.42. The Morgan fingerprint density at radius 2 is 1.95 bits per heavy atom. The van der Waals surface area contributed by atoms with E-state index in [0.29, 0.717) is 11.3 Å². The SMILES string of the molecule is Cc1cc(NC(=O)N[C@H](CO)c2ccccc2)ccc1F. The molecule has 0 aliphatic rings. The first kappa shape index (κ1) is 15.0. The van der Waals surface area contributed by atoms with Gasteiger partial charge in [-0.15, -0.1) is 0 Å². The van der Waals surface area contributed by atoms with Gasteiger partial charge >= 0.3 is 6.03 Å². The van der Waals surface area contributed by atoms with Crippen LogP contribution in [-0.2, 0) is 0 Å². The Bertz CT molecular complexity index is 617. The molecule has 5 heteroatoms. The highest BCUT2D eigenvalue weighted by molar-refractivity contribution is 5.89. The summed E-state index contributed by atoms with van der Waals surface area (Å²) in [4.78, 5) is 11.9. The van der Waals surface area contributed by atoms with E-state index in [1.165, 1.54) is 12.1 Å². The van der Waals surface area contributed by atoms with Gasteiger partial charge in [-0.3, -0.25) is 0 Å². The van der Waals surface area contributed by atoms with Gasteiger partial charge in [0.05, 0.1) is 12.6 Å². The van der Waals surface area contributed by atoms with Crippen molar-refractivity contribution in [3.05, 3.63) is 65.5 Å². The third kappa shape index (κ3) is 4.03. The van der Waals surface area contributed by atoms with Gasteiger partial charge in [0.2, 0.25) is 0 Å². The standard InChI is InChI=1S/C16H17FN2O2/c1-11-9-13(7-8-14(11)17)18-16(21)19-15(10-20)12-5-3-2-4-6-12/h2-9,15,20H,10H2,1H3,(H2,18,19,21)/t15-/m1/s1. The summed E-state index contributed by atoms with van der Waals surface area (Å²) >= 11 is 0. The maximum absolute atomic E-state index is 13.2. The van der Waals surface area contributed by atoms with E-state index in [4.69, 9.17) is 0 Å². The quantitative estimate of drug-likeness (QED) is 0.810. The number of carbonyl (C=O) groups excluding carboxylic acids is 1. The van der Waals surface area contributed by atoms with E-state index in [1.807, 2.05) is 30.3 Å². The van der Waals surface area contributed by atoms with Crippen LogP contribution >= 0.6 is 0 Å². The Hall–Kier alpha value is -2.40. The number of aliphatic hydroxyl groups excluding tert-OH is 1. The highest BCUT2D eigenvalue weighted by Gasteiger charge is 2.13. The van der Waals surface area contributed by atoms with Gasteiger partial charge in [-0.1, -0.05) is 30.3 Å². The number of aliphatic hydroxyl groups is 1. The highest BCUT2D eigenvalue weighted by atomic mass is 19.1. The normalized spacial score (nSPS) is 11.8. The number of aryl methyl sites for hydroxylation is 1. The smallest absolute Gasteiger partial charge is 0.319 e. The van der Waals surface area contributed by atoms with Crippen molar-refractivity contribution in [2.24, 2.45) is 0 Å². The molecule has 0 saturated heterocycles. The Labute approximate surface area is 122 Å². The average molecular weight is 288 g/mol. The molecule has 0 radical (unpaired) electrons. The molecule has 0 bridgehead atoms. The molecule has 0 aromatic heterocycles. The lowest BCUT2D eigenvalue weighted by Gasteiger charge is -2.17. The maximum atomic E-state index is 13.2. The van der Waals surface area contributed by atoms with Crippen molar-refractivity contribution in [2.75, 3.05) is 11.9 Å². The Kier molecular flexibility index (Phi) is 4.90. The second-order valence-electron chi connectivity index (χ2n) is 4.71. The number of urea groups is 1. The molecule has 1 atom stereocenters. The molecule has 0 heterocycles. The van der Waals surface area contributed by atoms with Gasteiger partial charge in [-0.2, -0.15) is 0 Å². The van der Waals surface area contributed by atoms with Crippen molar-refractivity contribution >= 4 is 11.7 Å². The summed E-state index contributed by atoms with van der Waals surface area (Å²) in [5.41, 5.74) is 1.76. The van der Waals surface area contributed by atoms with E-state index < -0.39 is 12.1 Å². The molecule has 110 valence electrons. The average Bonchev–Trinajstić information content (AvgIpc) is 2.49. The summed E-state index contributed by atoms with van der Waals surface area (Å²) in [6, 6.07) is 12.6. The molecule has 21 heavy (non-hydrogen) atoms. The fourth-order valence-electron chi connectivity index (χ4n) is 1.97. The molecular weight excluding hydrogens is 271 g/mol. The van der Waals surface area contributed by atoms with Crippen molar-refractivity contribution in [1.29, 1.82) is 0 Å². The van der Waals surface area contributed by atoms with Crippen LogP contribution in [0.1, 0.15) is 17.2 Å². The van der Waals surface area contributed by atoms with Gasteiger partial charge in [0, 0.05) is 5.69 Å². The number of anilines is 1. The van der Waals surface area contributed by atoms with Gasteiger partial charge in [-0.25, -0.2) is 9.18 Å². The third-order valence-corrected chi connectivity index (χ3v) is 3.11. The molecule has 0 aliphatic heterocycles. The van der Waals surface area contributed by atoms with Gasteiger partial charge in [0.15, 0.2) is 0 Å². The maximum Gasteiger partial charge on any atom is 0.319 e. The summed E-state index contributed by atoms with van der Waals surface area (Å²) in [5, 5.41) is 14.7. The second-order valence-corrected chi connectivity index (χ2v) is 4.71. The summed E-state index contributed by atoms with van der Waals surface area (Å²) < 4.78 is 13.2. The zero-order chi connectivity index (χ0) is 15.2. The van der Waals surface area contributed by atoms with E-state index in [0.717, 1.165) is 5.56 Å². The number of amides is 2. The van der Waals surface area contributed by atoms with Crippen molar-refractivity contribution in [2.45, 2.75) is 13.0 Å². The number of nitrogens with one attached hydrogen (secondary N) is 2. The van der Waals surface area contributed by atoms with Crippen molar-refractivity contribution in [3.63, 3.8) is 0 Å². The third-order valence-electron chi connectivity index (χ3n) is 3.11. The fraction of sp³-hybridized carbons (Fsp3) is 0.188. The van der Waals surface area contributed by atoms with E-state index in [1.54, 1.807) is 13.0 Å². The Morgan fingerprint density at radius 3 is 2.57 bits per heavy atom. The van der Waals surface area contributed by atoms with Crippen LogP contribution in [0.3, 0.4) is 0 Å². The van der Waals surface area contributed by atoms with Crippen LogP contribution in [-0.4, -0.2) is 17.7 Å². The molecule has 0 saturated carbocycles. The second kappa shape index (κ2) is 6.85. The van der Waals surface area contributed by atoms with Gasteiger partial charge < -0.3 is 15.7 Å². The monoisotopic (exact) mass is 288 g/mol. The molecule has 2 aromatic rings. The molecule has 4 nitrogen and oxygen atoms in total. The van der Waals surface area contributed by atoms with Crippen molar-refractivity contribution in [3.8, 4) is 0 Å². The summed E-state index contributed by atoms with van der Waals surface area (Å²) in [5.74, 6) is -0.321. The molecule has 2 amide bonds. The minimum atomic E-state index is -0.493. The minimum absolute atomic E-state index is 0.208. The van der Waals surface area contributed by atoms with Crippen LogP contribution in [0.2, 0.25) is 0 Å².